The van der Waals surface area contributed by atoms with Crippen molar-refractivity contribution in [3.05, 3.63) is 39.9 Å². The minimum absolute atomic E-state index is 0.102. The Labute approximate surface area is 153 Å². The van der Waals surface area contributed by atoms with Crippen molar-refractivity contribution < 1.29 is 33.6 Å². The van der Waals surface area contributed by atoms with Crippen LogP contribution in [0.15, 0.2) is 24.3 Å². The highest BCUT2D eigenvalue weighted by molar-refractivity contribution is 5.99. The van der Waals surface area contributed by atoms with Crippen molar-refractivity contribution in [3.63, 3.8) is 0 Å². The molecule has 0 fully saturated rings. The van der Waals surface area contributed by atoms with Gasteiger partial charge in [0.2, 0.25) is 5.91 Å². The number of esters is 2. The Hall–Kier alpha value is -3.50. The second kappa shape index (κ2) is 9.27. The molecule has 0 saturated carbocycles. The standard InChI is InChI=1S/C16H19N3O8/c1-8(11(15(22)26-2)16(23)27-3)12(13(17)20)18-14(21)9-5-4-6-10(7-9)19(24)25/h4-8,11-12H,1-3H3,(H2,17,20)(H,18,21)/t8-,12-/m1/s1. The van der Waals surface area contributed by atoms with Gasteiger partial charge in [-0.25, -0.2) is 0 Å². The van der Waals surface area contributed by atoms with Crippen molar-refractivity contribution in [1.29, 1.82) is 0 Å². The molecule has 1 rings (SSSR count). The zero-order valence-corrected chi connectivity index (χ0v) is 14.8. The zero-order chi connectivity index (χ0) is 20.7. The fourth-order valence-electron chi connectivity index (χ4n) is 2.42. The van der Waals surface area contributed by atoms with Crippen LogP contribution in [0.2, 0.25) is 0 Å². The van der Waals surface area contributed by atoms with Crippen molar-refractivity contribution in [2.75, 3.05) is 14.2 Å². The molecule has 0 aliphatic carbocycles. The molecule has 11 nitrogen and oxygen atoms in total. The average Bonchev–Trinajstić information content (AvgIpc) is 2.65. The van der Waals surface area contributed by atoms with Crippen LogP contribution < -0.4 is 11.1 Å². The van der Waals surface area contributed by atoms with Crippen molar-refractivity contribution in [3.8, 4) is 0 Å². The number of methoxy groups -OCH3 is 2. The predicted octanol–water partition coefficient (Wildman–Crippen LogP) is -0.223. The number of hydrogen-bond donors (Lipinski definition) is 2. The lowest BCUT2D eigenvalue weighted by molar-refractivity contribution is -0.384. The lowest BCUT2D eigenvalue weighted by Crippen LogP contribution is -2.52. The van der Waals surface area contributed by atoms with Crippen LogP contribution in [0.3, 0.4) is 0 Å². The number of rotatable bonds is 8. The summed E-state index contributed by atoms with van der Waals surface area (Å²) < 4.78 is 9.08. The first-order valence-corrected chi connectivity index (χ1v) is 7.64. The molecule has 2 amide bonds. The number of carbonyl (C=O) groups is 4. The third-order valence-corrected chi connectivity index (χ3v) is 3.87. The van der Waals surface area contributed by atoms with Gasteiger partial charge in [-0.2, -0.15) is 0 Å². The normalized spacial score (nSPS) is 12.6. The summed E-state index contributed by atoms with van der Waals surface area (Å²) in [4.78, 5) is 58.1. The van der Waals surface area contributed by atoms with E-state index >= 15 is 0 Å². The quantitative estimate of drug-likeness (QED) is 0.269. The lowest BCUT2D eigenvalue weighted by atomic mass is 9.86. The van der Waals surface area contributed by atoms with E-state index in [4.69, 9.17) is 5.73 Å². The minimum Gasteiger partial charge on any atom is -0.468 e. The number of nitrogens with one attached hydrogen (secondary N) is 1. The van der Waals surface area contributed by atoms with E-state index in [1.807, 2.05) is 0 Å². The summed E-state index contributed by atoms with van der Waals surface area (Å²) in [6.45, 7) is 1.33. The summed E-state index contributed by atoms with van der Waals surface area (Å²) in [7, 11) is 2.10. The van der Waals surface area contributed by atoms with Crippen LogP contribution in [0.5, 0.6) is 0 Å². The SMILES string of the molecule is COC(=O)C(C(=O)OC)[C@@H](C)[C@@H](NC(=O)c1cccc([N+](=O)[O-])c1)C(N)=O. The van der Waals surface area contributed by atoms with E-state index < -0.39 is 46.6 Å². The van der Waals surface area contributed by atoms with E-state index in [1.165, 1.54) is 25.1 Å². The van der Waals surface area contributed by atoms with Crippen molar-refractivity contribution in [2.24, 2.45) is 17.6 Å². The topological polar surface area (TPSA) is 168 Å². The molecule has 27 heavy (non-hydrogen) atoms. The van der Waals surface area contributed by atoms with E-state index in [-0.39, 0.29) is 11.3 Å². The summed E-state index contributed by atoms with van der Waals surface area (Å²) >= 11 is 0. The molecule has 0 bridgehead atoms. The number of amides is 2. The fourth-order valence-corrected chi connectivity index (χ4v) is 2.42. The summed E-state index contributed by atoms with van der Waals surface area (Å²) in [5.41, 5.74) is 4.87. The first-order valence-electron chi connectivity index (χ1n) is 7.64. The molecule has 11 heteroatoms. The molecule has 0 aliphatic rings. The van der Waals surface area contributed by atoms with Crippen molar-refractivity contribution >= 4 is 29.4 Å². The molecule has 0 aliphatic heterocycles. The smallest absolute Gasteiger partial charge is 0.320 e. The highest BCUT2D eigenvalue weighted by Crippen LogP contribution is 2.20. The highest BCUT2D eigenvalue weighted by Gasteiger charge is 2.41. The Morgan fingerprint density at radius 1 is 1.15 bits per heavy atom. The number of nitro benzene ring substituents is 1. The Morgan fingerprint density at radius 2 is 1.70 bits per heavy atom. The van der Waals surface area contributed by atoms with Gasteiger partial charge in [-0.15, -0.1) is 0 Å². The van der Waals surface area contributed by atoms with Crippen LogP contribution in [0.1, 0.15) is 17.3 Å². The third kappa shape index (κ3) is 5.23. The number of carbonyl (C=O) groups excluding carboxylic acids is 4. The van der Waals surface area contributed by atoms with Crippen LogP contribution in [0.4, 0.5) is 5.69 Å². The fraction of sp³-hybridized carbons (Fsp3) is 0.375. The van der Waals surface area contributed by atoms with Crippen LogP contribution in [-0.2, 0) is 23.9 Å². The van der Waals surface area contributed by atoms with Crippen LogP contribution in [0.25, 0.3) is 0 Å². The van der Waals surface area contributed by atoms with Crippen molar-refractivity contribution in [2.45, 2.75) is 13.0 Å². The van der Waals surface area contributed by atoms with E-state index in [2.05, 4.69) is 14.8 Å². The number of nitro groups is 1. The molecule has 0 aromatic heterocycles. The highest BCUT2D eigenvalue weighted by atomic mass is 16.6. The number of nitrogens with two attached hydrogens (primary N) is 1. The first kappa shape index (κ1) is 21.5. The number of benzene rings is 1. The molecular formula is C16H19N3O8. The number of hydrogen-bond acceptors (Lipinski definition) is 8. The Kier molecular flexibility index (Phi) is 7.39. The van der Waals surface area contributed by atoms with Gasteiger partial charge < -0.3 is 20.5 Å². The van der Waals surface area contributed by atoms with E-state index in [1.54, 1.807) is 0 Å². The molecule has 0 heterocycles. The molecular weight excluding hydrogens is 362 g/mol. The summed E-state index contributed by atoms with van der Waals surface area (Å²) in [6.07, 6.45) is 0. The van der Waals surface area contributed by atoms with Gasteiger partial charge in [-0.1, -0.05) is 13.0 Å². The summed E-state index contributed by atoms with van der Waals surface area (Å²) in [5, 5.41) is 13.1. The van der Waals surface area contributed by atoms with E-state index in [0.717, 1.165) is 20.3 Å². The van der Waals surface area contributed by atoms with Crippen molar-refractivity contribution in [1.82, 2.24) is 5.32 Å². The molecule has 146 valence electrons. The number of non-ortho nitro benzene ring substituents is 1. The molecule has 3 N–H and O–H groups in total. The molecule has 1 aromatic rings. The molecule has 0 radical (unpaired) electrons. The van der Waals surface area contributed by atoms with Gasteiger partial charge >= 0.3 is 11.9 Å². The van der Waals surface area contributed by atoms with Gasteiger partial charge in [-0.3, -0.25) is 29.3 Å². The predicted molar refractivity (Wildman–Crippen MR) is 90.2 cm³/mol. The van der Waals surface area contributed by atoms with E-state index in [0.29, 0.717) is 0 Å². The van der Waals surface area contributed by atoms with Crippen LogP contribution in [0, 0.1) is 22.0 Å². The van der Waals surface area contributed by atoms with Gasteiger partial charge in [0.15, 0.2) is 5.92 Å². The second-order valence-corrected chi connectivity index (χ2v) is 5.54. The second-order valence-electron chi connectivity index (χ2n) is 5.54. The molecule has 0 unspecified atom stereocenters. The maximum Gasteiger partial charge on any atom is 0.320 e. The average molecular weight is 381 g/mol. The van der Waals surface area contributed by atoms with Gasteiger partial charge in [0.1, 0.15) is 6.04 Å². The van der Waals surface area contributed by atoms with E-state index in [9.17, 15) is 29.3 Å². The number of primary amides is 1. The zero-order valence-electron chi connectivity index (χ0n) is 14.8. The van der Waals surface area contributed by atoms with Gasteiger partial charge in [0, 0.05) is 23.6 Å². The summed E-state index contributed by atoms with van der Waals surface area (Å²) in [6, 6.07) is 3.34. The maximum atomic E-state index is 12.4. The number of nitrogens with zero attached hydrogens (tertiary/aromatic N) is 1. The molecule has 0 spiro atoms. The molecule has 1 aromatic carbocycles. The number of ether oxygens (including phenoxy) is 2. The Bertz CT molecular complexity index is 748. The van der Waals surface area contributed by atoms with Gasteiger partial charge in [0.25, 0.3) is 11.6 Å². The van der Waals surface area contributed by atoms with Crippen LogP contribution >= 0.6 is 0 Å². The molecule has 2 atom stereocenters. The first-order chi connectivity index (χ1) is 12.6. The largest absolute Gasteiger partial charge is 0.468 e. The van der Waals surface area contributed by atoms with Gasteiger partial charge in [0.05, 0.1) is 19.1 Å². The minimum atomic E-state index is -1.51. The summed E-state index contributed by atoms with van der Waals surface area (Å²) in [5.74, 6) is -6.41. The molecule has 0 saturated heterocycles. The Balaban J connectivity index is 3.14. The van der Waals surface area contributed by atoms with Gasteiger partial charge in [-0.05, 0) is 6.07 Å². The third-order valence-electron chi connectivity index (χ3n) is 3.87. The Morgan fingerprint density at radius 3 is 2.15 bits per heavy atom. The monoisotopic (exact) mass is 381 g/mol. The maximum absolute atomic E-state index is 12.4. The lowest BCUT2D eigenvalue weighted by Gasteiger charge is -2.26. The van der Waals surface area contributed by atoms with Crippen LogP contribution in [-0.4, -0.2) is 48.9 Å².